The van der Waals surface area contributed by atoms with Crippen LogP contribution >= 0.6 is 0 Å². The molecule has 0 saturated carbocycles. The molecule has 0 saturated heterocycles. The summed E-state index contributed by atoms with van der Waals surface area (Å²) in [6.45, 7) is 11.2. The number of fused-ring (bicyclic) bond motifs is 2. The molecule has 0 atom stereocenters. The third kappa shape index (κ3) is 8.78. The third-order valence-electron chi connectivity index (χ3n) is 4.07. The molecule has 4 rings (SSSR count). The maximum atomic E-state index is 2.31. The van der Waals surface area contributed by atoms with Crippen LogP contribution in [0.25, 0.3) is 21.5 Å². The van der Waals surface area contributed by atoms with Crippen molar-refractivity contribution in [2.75, 3.05) is 0 Å². The quantitative estimate of drug-likeness (QED) is 0.270. The van der Waals surface area contributed by atoms with Gasteiger partial charge in [-0.05, 0) is 5.92 Å². The van der Waals surface area contributed by atoms with Gasteiger partial charge in [-0.15, -0.1) is 81.2 Å². The number of hydrogen-bond acceptors (Lipinski definition) is 0. The molecule has 0 fully saturated rings. The molecule has 0 aliphatic carbocycles. The first-order valence-electron chi connectivity index (χ1n) is 9.16. The number of hydrogen-bond donors (Lipinski definition) is 0. The molecule has 0 aliphatic rings. The molecule has 0 heterocycles. The number of benzene rings is 2. The van der Waals surface area contributed by atoms with Gasteiger partial charge in [-0.25, -0.2) is 0 Å². The Labute approximate surface area is 197 Å². The van der Waals surface area contributed by atoms with Gasteiger partial charge >= 0.3 is 41.9 Å². The van der Waals surface area contributed by atoms with Crippen molar-refractivity contribution in [1.29, 1.82) is 0 Å². The van der Waals surface area contributed by atoms with Gasteiger partial charge in [0.2, 0.25) is 0 Å². The minimum Gasteiger partial charge on any atom is -1.00 e. The normalized spacial score (nSPS) is 9.57. The van der Waals surface area contributed by atoms with E-state index in [1.165, 1.54) is 32.7 Å². The van der Waals surface area contributed by atoms with Gasteiger partial charge in [0, 0.05) is 0 Å². The van der Waals surface area contributed by atoms with Gasteiger partial charge < -0.3 is 24.8 Å². The summed E-state index contributed by atoms with van der Waals surface area (Å²) in [6.07, 6.45) is 0. The van der Waals surface area contributed by atoms with E-state index in [4.69, 9.17) is 0 Å². The Bertz CT molecular complexity index is 912. The molecule has 0 spiro atoms. The SMILES string of the molecule is CC(C)c1cc2ccccc2[cH-]1.C[Si](C)=[Zr+2].Cc1cc2ccccc2[cH-]1.[Cl-].[Cl-]. The minimum atomic E-state index is 0. The van der Waals surface area contributed by atoms with Gasteiger partial charge in [0.25, 0.3) is 0 Å². The van der Waals surface area contributed by atoms with Gasteiger partial charge in [-0.3, -0.25) is 0 Å². The number of halogens is 2. The summed E-state index contributed by atoms with van der Waals surface area (Å²) in [5.74, 6) is 0.636. The van der Waals surface area contributed by atoms with Crippen molar-refractivity contribution >= 4 is 27.0 Å². The average molecular weight is 507 g/mol. The maximum absolute atomic E-state index is 2.31. The van der Waals surface area contributed by atoms with Crippen LogP contribution in [0.1, 0.15) is 30.9 Å². The second-order valence-corrected chi connectivity index (χ2v) is 16.6. The van der Waals surface area contributed by atoms with Crippen molar-refractivity contribution in [2.24, 2.45) is 0 Å². The zero-order valence-corrected chi connectivity index (χ0v) is 22.2. The van der Waals surface area contributed by atoms with Gasteiger partial charge in [0.15, 0.2) is 0 Å². The predicted molar refractivity (Wildman–Crippen MR) is 115 cm³/mol. The Kier molecular flexibility index (Phi) is 13.2. The molecule has 0 N–H and O–H groups in total. The topological polar surface area (TPSA) is 0 Å². The molecule has 0 aromatic heterocycles. The summed E-state index contributed by atoms with van der Waals surface area (Å²) < 4.78 is 0. The molecular weight excluding hydrogens is 478 g/mol. The molecule has 4 heteroatoms. The van der Waals surface area contributed by atoms with Crippen LogP contribution in [0.3, 0.4) is 0 Å². The van der Waals surface area contributed by atoms with Crippen LogP contribution in [0.4, 0.5) is 0 Å². The molecule has 0 amide bonds. The zero-order valence-electron chi connectivity index (χ0n) is 17.3. The van der Waals surface area contributed by atoms with Crippen LogP contribution in [-0.2, 0) is 23.3 Å². The van der Waals surface area contributed by atoms with E-state index in [-0.39, 0.29) is 30.2 Å². The van der Waals surface area contributed by atoms with Gasteiger partial charge in [-0.2, -0.15) is 12.1 Å². The van der Waals surface area contributed by atoms with Crippen LogP contribution in [-0.4, -0.2) is 5.43 Å². The van der Waals surface area contributed by atoms with E-state index < -0.39 is 0 Å². The smallest absolute Gasteiger partial charge is 0.0579 e. The van der Waals surface area contributed by atoms with Crippen LogP contribution in [0.5, 0.6) is 0 Å². The van der Waals surface area contributed by atoms with Crippen molar-refractivity contribution in [3.05, 3.63) is 83.9 Å². The predicted octanol–water partition coefficient (Wildman–Crippen LogP) is 1.34. The van der Waals surface area contributed by atoms with Crippen molar-refractivity contribution in [3.8, 4) is 0 Å². The van der Waals surface area contributed by atoms with E-state index in [1.54, 1.807) is 23.3 Å². The van der Waals surface area contributed by atoms with Crippen molar-refractivity contribution in [1.82, 2.24) is 0 Å². The van der Waals surface area contributed by atoms with E-state index in [0.717, 1.165) is 0 Å². The molecular formula is C24H28Cl2SiZr-2. The molecule has 0 nitrogen and oxygen atoms in total. The largest absolute Gasteiger partial charge is 1.00 e. The molecule has 148 valence electrons. The van der Waals surface area contributed by atoms with Crippen LogP contribution in [0.15, 0.2) is 72.8 Å². The summed E-state index contributed by atoms with van der Waals surface area (Å²) in [5, 5.41) is 5.42. The fourth-order valence-electron chi connectivity index (χ4n) is 2.81. The standard InChI is InChI=1S/C12H13.C10H9.C2H6Si.2ClH.Zr/c1-9(2)12-7-10-5-3-4-6-11(10)8-12;1-8-6-9-4-2-3-5-10(9)7-8;1-3-2;;;/h3-9H,1-2H3;2-7H,1H3;1-2H3;2*1H;/q2*-1;;;;+2/p-2. The summed E-state index contributed by atoms with van der Waals surface area (Å²) in [5.41, 5.74) is 3.00. The number of aryl methyl sites for hydroxylation is 1. The Morgan fingerprint density at radius 2 is 1.21 bits per heavy atom. The van der Waals surface area contributed by atoms with Crippen LogP contribution < -0.4 is 24.8 Å². The summed E-state index contributed by atoms with van der Waals surface area (Å²) in [7, 11) is 0. The third-order valence-corrected chi connectivity index (χ3v) is 4.07. The minimum absolute atomic E-state index is 0. The second kappa shape index (κ2) is 13.5. The average Bonchev–Trinajstić information content (AvgIpc) is 3.16. The van der Waals surface area contributed by atoms with E-state index in [9.17, 15) is 0 Å². The van der Waals surface area contributed by atoms with Crippen molar-refractivity contribution in [3.63, 3.8) is 0 Å². The monoisotopic (exact) mass is 504 g/mol. The first kappa shape index (κ1) is 27.3. The Balaban J connectivity index is 0.000000418. The molecule has 0 radical (unpaired) electrons. The summed E-state index contributed by atoms with van der Waals surface area (Å²) in [4.78, 5) is 0. The molecule has 4 aromatic carbocycles. The summed E-state index contributed by atoms with van der Waals surface area (Å²) in [6, 6.07) is 25.9. The molecule has 0 unspecified atom stereocenters. The van der Waals surface area contributed by atoms with E-state index in [1.807, 2.05) is 0 Å². The second-order valence-electron chi connectivity index (χ2n) is 7.23. The molecule has 4 aromatic rings. The zero-order chi connectivity index (χ0) is 19.1. The fourth-order valence-corrected chi connectivity index (χ4v) is 2.81. The molecule has 0 bridgehead atoms. The van der Waals surface area contributed by atoms with Crippen molar-refractivity contribution in [2.45, 2.75) is 39.8 Å². The van der Waals surface area contributed by atoms with E-state index >= 15 is 0 Å². The number of rotatable bonds is 1. The first-order valence-corrected chi connectivity index (χ1v) is 15.3. The Morgan fingerprint density at radius 1 is 0.786 bits per heavy atom. The van der Waals surface area contributed by atoms with Crippen LogP contribution in [0.2, 0.25) is 13.1 Å². The molecule has 28 heavy (non-hydrogen) atoms. The molecule has 0 aliphatic heterocycles. The Hall–Kier alpha value is -0.660. The van der Waals surface area contributed by atoms with Crippen molar-refractivity contribution < 1.29 is 48.1 Å². The fraction of sp³-hybridized carbons (Fsp3) is 0.250. The Morgan fingerprint density at radius 3 is 1.64 bits per heavy atom. The van der Waals surface area contributed by atoms with Gasteiger partial charge in [0.05, 0.1) is 0 Å². The van der Waals surface area contributed by atoms with E-state index in [0.29, 0.717) is 5.92 Å². The summed E-state index contributed by atoms with van der Waals surface area (Å²) >= 11 is 1.74. The first-order chi connectivity index (χ1) is 12.4. The van der Waals surface area contributed by atoms with Gasteiger partial charge in [-0.1, -0.05) is 32.9 Å². The van der Waals surface area contributed by atoms with E-state index in [2.05, 4.69) is 107 Å². The van der Waals surface area contributed by atoms with Gasteiger partial charge in [0.1, 0.15) is 0 Å². The van der Waals surface area contributed by atoms with Crippen LogP contribution in [0, 0.1) is 6.92 Å². The maximum Gasteiger partial charge on any atom is -0.0579 e.